The molecule has 0 saturated carbocycles. The van der Waals surface area contributed by atoms with E-state index < -0.39 is 40.1 Å². The Morgan fingerprint density at radius 3 is 2.26 bits per heavy atom. The van der Waals surface area contributed by atoms with Crippen LogP contribution in [0.25, 0.3) is 0 Å². The molecule has 0 bridgehead atoms. The molecule has 0 aliphatic carbocycles. The van der Waals surface area contributed by atoms with Crippen molar-refractivity contribution in [3.63, 3.8) is 0 Å². The highest BCUT2D eigenvalue weighted by Gasteiger charge is 2.18. The van der Waals surface area contributed by atoms with Gasteiger partial charge in [-0.05, 0) is 36.4 Å². The Kier molecular flexibility index (Phi) is 6.24. The average Bonchev–Trinajstić information content (AvgIpc) is 2.62. The number of esters is 1. The summed E-state index contributed by atoms with van der Waals surface area (Å²) >= 11 is 0. The summed E-state index contributed by atoms with van der Waals surface area (Å²) in [5, 5.41) is 2.14. The minimum atomic E-state index is -3.63. The van der Waals surface area contributed by atoms with Crippen LogP contribution in [0.3, 0.4) is 0 Å². The van der Waals surface area contributed by atoms with E-state index in [0.29, 0.717) is 6.07 Å². The normalized spacial score (nSPS) is 11.3. The predicted octanol–water partition coefficient (Wildman–Crippen LogP) is 2.01. The number of nitrogens with one attached hydrogen (secondary N) is 1. The summed E-state index contributed by atoms with van der Waals surface area (Å²) in [6.45, 7) is -0.701. The van der Waals surface area contributed by atoms with Crippen molar-refractivity contribution in [1.82, 2.24) is 4.31 Å². The maximum Gasteiger partial charge on any atom is 0.338 e. The van der Waals surface area contributed by atoms with Gasteiger partial charge in [-0.1, -0.05) is 0 Å². The Labute approximate surface area is 154 Å². The second kappa shape index (κ2) is 8.23. The van der Waals surface area contributed by atoms with Gasteiger partial charge in [0.25, 0.3) is 5.91 Å². The van der Waals surface area contributed by atoms with Gasteiger partial charge in [0, 0.05) is 20.2 Å². The molecule has 0 unspecified atom stereocenters. The van der Waals surface area contributed by atoms with Crippen LogP contribution in [-0.2, 0) is 19.6 Å². The smallest absolute Gasteiger partial charge is 0.338 e. The van der Waals surface area contributed by atoms with Crippen molar-refractivity contribution in [2.24, 2.45) is 0 Å². The summed E-state index contributed by atoms with van der Waals surface area (Å²) < 4.78 is 56.0. The number of ether oxygens (including phenoxy) is 1. The highest BCUT2D eigenvalue weighted by atomic mass is 32.2. The molecule has 0 radical (unpaired) electrons. The van der Waals surface area contributed by atoms with Crippen molar-refractivity contribution in [3.8, 4) is 0 Å². The van der Waals surface area contributed by atoms with Crippen LogP contribution >= 0.6 is 0 Å². The highest BCUT2D eigenvalue weighted by Crippen LogP contribution is 2.16. The zero-order valence-corrected chi connectivity index (χ0v) is 15.2. The molecule has 144 valence electrons. The Bertz CT molecular complexity index is 960. The third-order valence-corrected chi connectivity index (χ3v) is 5.24. The Morgan fingerprint density at radius 1 is 1.07 bits per heavy atom. The first-order valence-corrected chi connectivity index (χ1v) is 9.00. The van der Waals surface area contributed by atoms with E-state index in [9.17, 15) is 26.8 Å². The Morgan fingerprint density at radius 2 is 1.70 bits per heavy atom. The molecule has 0 aliphatic rings. The molecule has 1 amide bonds. The third kappa shape index (κ3) is 5.08. The van der Waals surface area contributed by atoms with Crippen molar-refractivity contribution in [2.75, 3.05) is 26.0 Å². The number of carbonyl (C=O) groups is 2. The SMILES string of the molecule is CN(C)S(=O)(=O)c1ccc(C(=O)OCC(=O)Nc2ccc(F)cc2F)cc1. The van der Waals surface area contributed by atoms with E-state index in [4.69, 9.17) is 4.74 Å². The lowest BCUT2D eigenvalue weighted by Crippen LogP contribution is -2.22. The number of hydrogen-bond donors (Lipinski definition) is 1. The lowest BCUT2D eigenvalue weighted by atomic mass is 10.2. The lowest BCUT2D eigenvalue weighted by Gasteiger charge is -2.11. The minimum Gasteiger partial charge on any atom is -0.452 e. The van der Waals surface area contributed by atoms with Crippen LogP contribution < -0.4 is 5.32 Å². The zero-order valence-electron chi connectivity index (χ0n) is 14.4. The van der Waals surface area contributed by atoms with Gasteiger partial charge in [-0.2, -0.15) is 0 Å². The lowest BCUT2D eigenvalue weighted by molar-refractivity contribution is -0.119. The fraction of sp³-hybridized carbons (Fsp3) is 0.176. The summed E-state index contributed by atoms with van der Waals surface area (Å²) in [6.07, 6.45) is 0. The van der Waals surface area contributed by atoms with E-state index in [0.717, 1.165) is 16.4 Å². The van der Waals surface area contributed by atoms with E-state index in [1.165, 1.54) is 38.4 Å². The number of rotatable bonds is 6. The van der Waals surface area contributed by atoms with E-state index in [1.54, 1.807) is 0 Å². The van der Waals surface area contributed by atoms with E-state index in [1.807, 2.05) is 0 Å². The van der Waals surface area contributed by atoms with Crippen LogP contribution in [0.4, 0.5) is 14.5 Å². The Hall–Kier alpha value is -2.85. The molecular formula is C17H16F2N2O5S. The van der Waals surface area contributed by atoms with Crippen molar-refractivity contribution in [1.29, 1.82) is 0 Å². The van der Waals surface area contributed by atoms with Crippen LogP contribution in [0.1, 0.15) is 10.4 Å². The maximum atomic E-state index is 13.5. The summed E-state index contributed by atoms with van der Waals surface area (Å²) in [6, 6.07) is 7.57. The molecule has 0 aliphatic heterocycles. The molecule has 0 fully saturated rings. The first-order chi connectivity index (χ1) is 12.6. The molecule has 1 N–H and O–H groups in total. The van der Waals surface area contributed by atoms with Gasteiger partial charge in [0.05, 0.1) is 16.1 Å². The fourth-order valence-electron chi connectivity index (χ4n) is 1.97. The molecule has 10 heteroatoms. The summed E-state index contributed by atoms with van der Waals surface area (Å²) in [4.78, 5) is 23.6. The number of hydrogen-bond acceptors (Lipinski definition) is 5. The number of anilines is 1. The van der Waals surface area contributed by atoms with Gasteiger partial charge in [-0.15, -0.1) is 0 Å². The third-order valence-electron chi connectivity index (χ3n) is 3.41. The molecule has 2 aromatic carbocycles. The van der Waals surface area contributed by atoms with Crippen LogP contribution in [-0.4, -0.2) is 45.3 Å². The molecule has 0 atom stereocenters. The molecule has 7 nitrogen and oxygen atoms in total. The van der Waals surface area contributed by atoms with Crippen LogP contribution in [0.2, 0.25) is 0 Å². The summed E-state index contributed by atoms with van der Waals surface area (Å²) in [5.74, 6) is -3.44. The molecule has 0 heterocycles. The van der Waals surface area contributed by atoms with Crippen LogP contribution in [0.5, 0.6) is 0 Å². The average molecular weight is 398 g/mol. The van der Waals surface area contributed by atoms with Crippen molar-refractivity contribution < 1.29 is 31.5 Å². The monoisotopic (exact) mass is 398 g/mol. The van der Waals surface area contributed by atoms with Crippen molar-refractivity contribution >= 4 is 27.6 Å². The molecule has 0 aromatic heterocycles. The van der Waals surface area contributed by atoms with E-state index in [2.05, 4.69) is 5.32 Å². The number of halogens is 2. The number of sulfonamides is 1. The number of benzene rings is 2. The maximum absolute atomic E-state index is 13.5. The minimum absolute atomic E-state index is 0.00595. The highest BCUT2D eigenvalue weighted by molar-refractivity contribution is 7.89. The van der Waals surface area contributed by atoms with E-state index >= 15 is 0 Å². The quantitative estimate of drug-likeness (QED) is 0.752. The summed E-state index contributed by atoms with van der Waals surface area (Å²) in [7, 11) is -0.882. The number of nitrogens with zero attached hydrogens (tertiary/aromatic N) is 1. The molecule has 0 saturated heterocycles. The summed E-state index contributed by atoms with van der Waals surface area (Å²) in [5.41, 5.74) is -0.218. The zero-order chi connectivity index (χ0) is 20.2. The molecule has 27 heavy (non-hydrogen) atoms. The van der Waals surface area contributed by atoms with Crippen molar-refractivity contribution in [2.45, 2.75) is 4.90 Å². The van der Waals surface area contributed by atoms with Gasteiger partial charge in [0.2, 0.25) is 10.0 Å². The van der Waals surface area contributed by atoms with Crippen molar-refractivity contribution in [3.05, 3.63) is 59.7 Å². The first kappa shape index (κ1) is 20.5. The number of carbonyl (C=O) groups excluding carboxylic acids is 2. The second-order valence-corrected chi connectivity index (χ2v) is 7.71. The number of amides is 1. The largest absolute Gasteiger partial charge is 0.452 e. The van der Waals surface area contributed by atoms with Gasteiger partial charge in [-0.3, -0.25) is 4.79 Å². The second-order valence-electron chi connectivity index (χ2n) is 5.56. The van der Waals surface area contributed by atoms with Gasteiger partial charge >= 0.3 is 5.97 Å². The van der Waals surface area contributed by atoms with Gasteiger partial charge in [-0.25, -0.2) is 26.3 Å². The van der Waals surface area contributed by atoms with Crippen LogP contribution in [0.15, 0.2) is 47.4 Å². The molecule has 0 spiro atoms. The molecular weight excluding hydrogens is 382 g/mol. The topological polar surface area (TPSA) is 92.8 Å². The molecule has 2 aromatic rings. The predicted molar refractivity (Wildman–Crippen MR) is 92.6 cm³/mol. The van der Waals surface area contributed by atoms with Gasteiger partial charge in [0.1, 0.15) is 11.6 Å². The Balaban J connectivity index is 1.96. The fourth-order valence-corrected chi connectivity index (χ4v) is 2.87. The standard InChI is InChI=1S/C17H16F2N2O5S/c1-21(2)27(24,25)13-6-3-11(4-7-13)17(23)26-10-16(22)20-15-8-5-12(18)9-14(15)19/h3-9H,10H2,1-2H3,(H,20,22). The van der Waals surface area contributed by atoms with Gasteiger partial charge in [0.15, 0.2) is 6.61 Å². The van der Waals surface area contributed by atoms with E-state index in [-0.39, 0.29) is 16.1 Å². The van der Waals surface area contributed by atoms with Gasteiger partial charge < -0.3 is 10.1 Å². The molecule has 2 rings (SSSR count). The van der Waals surface area contributed by atoms with Crippen LogP contribution in [0, 0.1) is 11.6 Å². The first-order valence-electron chi connectivity index (χ1n) is 7.56.